The first-order valence-electron chi connectivity index (χ1n) is 8.30. The van der Waals surface area contributed by atoms with E-state index in [1.54, 1.807) is 28.9 Å². The van der Waals surface area contributed by atoms with Gasteiger partial charge in [0.05, 0.1) is 11.9 Å². The van der Waals surface area contributed by atoms with Crippen LogP contribution >= 0.6 is 11.8 Å². The molecule has 2 N–H and O–H groups in total. The van der Waals surface area contributed by atoms with Crippen molar-refractivity contribution in [3.63, 3.8) is 0 Å². The summed E-state index contributed by atoms with van der Waals surface area (Å²) in [5.41, 5.74) is 4.08. The van der Waals surface area contributed by atoms with Gasteiger partial charge in [0.1, 0.15) is 5.75 Å². The number of carbonyl (C=O) groups excluding carboxylic acids is 1. The number of hydrazone groups is 1. The molecule has 0 bridgehead atoms. The number of amides is 1. The Hall–Kier alpha value is -3.20. The number of aromatic hydroxyl groups is 1. The minimum absolute atomic E-state index is 0.153. The summed E-state index contributed by atoms with van der Waals surface area (Å²) in [7, 11) is 0. The van der Waals surface area contributed by atoms with Gasteiger partial charge in [0.2, 0.25) is 11.1 Å². The van der Waals surface area contributed by atoms with Crippen molar-refractivity contribution in [3.8, 4) is 11.4 Å². The maximum atomic E-state index is 11.8. The molecule has 138 valence electrons. The molecule has 0 radical (unpaired) electrons. The molecule has 0 saturated carbocycles. The molecule has 0 saturated heterocycles. The lowest BCUT2D eigenvalue weighted by Crippen LogP contribution is -2.17. The molecule has 0 atom stereocenters. The second-order valence-corrected chi connectivity index (χ2v) is 6.61. The summed E-state index contributed by atoms with van der Waals surface area (Å²) in [5, 5.41) is 25.7. The van der Waals surface area contributed by atoms with Gasteiger partial charge < -0.3 is 5.11 Å². The van der Waals surface area contributed by atoms with Crippen LogP contribution in [-0.4, -0.2) is 43.2 Å². The maximum Gasteiger partial charge on any atom is 0.240 e. The number of nitrogens with one attached hydrogen (secondary N) is 1. The molecule has 0 aliphatic rings. The normalized spacial score (nSPS) is 11.0. The molecule has 3 aromatic rings. The average Bonchev–Trinajstić information content (AvgIpc) is 3.15. The van der Waals surface area contributed by atoms with Crippen molar-refractivity contribution in [1.29, 1.82) is 0 Å². The molecule has 1 heterocycles. The molecule has 8 nitrogen and oxygen atoms in total. The summed E-state index contributed by atoms with van der Waals surface area (Å²) in [4.78, 5) is 11.8. The van der Waals surface area contributed by atoms with Crippen LogP contribution in [0.2, 0.25) is 0 Å². The predicted molar refractivity (Wildman–Crippen MR) is 103 cm³/mol. The van der Waals surface area contributed by atoms with Crippen LogP contribution in [0.4, 0.5) is 0 Å². The van der Waals surface area contributed by atoms with Gasteiger partial charge in [-0.3, -0.25) is 4.79 Å². The Morgan fingerprint density at radius 3 is 2.89 bits per heavy atom. The van der Waals surface area contributed by atoms with Gasteiger partial charge >= 0.3 is 0 Å². The topological polar surface area (TPSA) is 105 Å². The van der Waals surface area contributed by atoms with Crippen molar-refractivity contribution in [1.82, 2.24) is 25.6 Å². The quantitative estimate of drug-likeness (QED) is 0.268. The van der Waals surface area contributed by atoms with E-state index in [0.29, 0.717) is 29.3 Å². The molecule has 0 spiro atoms. The van der Waals surface area contributed by atoms with Crippen molar-refractivity contribution in [2.24, 2.45) is 5.10 Å². The molecule has 1 aromatic heterocycles. The lowest BCUT2D eigenvalue weighted by atomic mass is 10.2. The first-order valence-corrected chi connectivity index (χ1v) is 9.28. The van der Waals surface area contributed by atoms with Crippen molar-refractivity contribution < 1.29 is 9.90 Å². The highest BCUT2D eigenvalue weighted by atomic mass is 32.2. The molecular formula is C18H18N6O2S. The van der Waals surface area contributed by atoms with Gasteiger partial charge in [-0.2, -0.15) is 9.78 Å². The number of para-hydroxylation sites is 1. The summed E-state index contributed by atoms with van der Waals surface area (Å²) in [6, 6.07) is 16.3. The summed E-state index contributed by atoms with van der Waals surface area (Å²) >= 11 is 1.49. The molecule has 0 aliphatic carbocycles. The highest BCUT2D eigenvalue weighted by Crippen LogP contribution is 2.19. The minimum Gasteiger partial charge on any atom is -0.508 e. The number of hydrogen-bond donors (Lipinski definition) is 2. The Kier molecular flexibility index (Phi) is 6.53. The van der Waals surface area contributed by atoms with Gasteiger partial charge in [0.25, 0.3) is 0 Å². The second kappa shape index (κ2) is 9.48. The number of thioether (sulfide) groups is 1. The third-order valence-corrected chi connectivity index (χ3v) is 4.50. The zero-order valence-corrected chi connectivity index (χ0v) is 15.2. The van der Waals surface area contributed by atoms with E-state index >= 15 is 0 Å². The third-order valence-electron chi connectivity index (χ3n) is 3.49. The van der Waals surface area contributed by atoms with Crippen LogP contribution in [0.25, 0.3) is 5.69 Å². The Morgan fingerprint density at radius 1 is 1.22 bits per heavy atom. The van der Waals surface area contributed by atoms with Gasteiger partial charge in [0.15, 0.2) is 0 Å². The molecular weight excluding hydrogens is 364 g/mol. The van der Waals surface area contributed by atoms with Crippen LogP contribution < -0.4 is 5.43 Å². The van der Waals surface area contributed by atoms with Crippen LogP contribution in [0.3, 0.4) is 0 Å². The van der Waals surface area contributed by atoms with Crippen LogP contribution in [0.1, 0.15) is 18.4 Å². The van der Waals surface area contributed by atoms with E-state index in [9.17, 15) is 9.90 Å². The lowest BCUT2D eigenvalue weighted by molar-refractivity contribution is -0.121. The Labute approximate surface area is 160 Å². The monoisotopic (exact) mass is 382 g/mol. The summed E-state index contributed by atoms with van der Waals surface area (Å²) in [6.07, 6.45) is 2.50. The third kappa shape index (κ3) is 5.65. The number of benzene rings is 2. The highest BCUT2D eigenvalue weighted by Gasteiger charge is 2.09. The van der Waals surface area contributed by atoms with Crippen molar-refractivity contribution in [3.05, 3.63) is 60.2 Å². The van der Waals surface area contributed by atoms with Gasteiger partial charge in [-0.05, 0) is 46.7 Å². The fraction of sp³-hybridized carbons (Fsp3) is 0.167. The predicted octanol–water partition coefficient (Wildman–Crippen LogP) is 2.39. The maximum absolute atomic E-state index is 11.8. The fourth-order valence-corrected chi connectivity index (χ4v) is 3.07. The van der Waals surface area contributed by atoms with E-state index in [-0.39, 0.29) is 11.7 Å². The van der Waals surface area contributed by atoms with Gasteiger partial charge in [-0.25, -0.2) is 5.43 Å². The van der Waals surface area contributed by atoms with Crippen molar-refractivity contribution in [2.75, 3.05) is 5.75 Å². The molecule has 0 fully saturated rings. The van der Waals surface area contributed by atoms with E-state index in [2.05, 4.69) is 26.1 Å². The van der Waals surface area contributed by atoms with E-state index in [0.717, 1.165) is 5.69 Å². The number of tetrazole rings is 1. The standard InChI is InChI=1S/C18H18N6O2S/c25-16-9-4-6-14(12-16)13-19-20-17(26)10-5-11-27-18-21-22-23-24(18)15-7-2-1-3-8-15/h1-4,6-9,12-13,25H,5,10-11H2,(H,20,26)/b19-13+. The first-order chi connectivity index (χ1) is 13.2. The molecule has 1 amide bonds. The van der Waals surface area contributed by atoms with Crippen LogP contribution in [0.15, 0.2) is 64.9 Å². The molecule has 2 aromatic carbocycles. The van der Waals surface area contributed by atoms with Gasteiger partial charge in [-0.15, -0.1) is 5.10 Å². The Bertz CT molecular complexity index is 913. The molecule has 3 rings (SSSR count). The molecule has 0 unspecified atom stereocenters. The SMILES string of the molecule is O=C(CCCSc1nnnn1-c1ccccc1)N/N=C/c1cccc(O)c1. The summed E-state index contributed by atoms with van der Waals surface area (Å²) in [6.45, 7) is 0. The average molecular weight is 382 g/mol. The number of nitrogens with zero attached hydrogens (tertiary/aromatic N) is 5. The van der Waals surface area contributed by atoms with Crippen molar-refractivity contribution in [2.45, 2.75) is 18.0 Å². The van der Waals surface area contributed by atoms with E-state index < -0.39 is 0 Å². The summed E-state index contributed by atoms with van der Waals surface area (Å²) < 4.78 is 1.67. The number of aromatic nitrogens is 4. The highest BCUT2D eigenvalue weighted by molar-refractivity contribution is 7.99. The number of phenolic OH excluding ortho intramolecular Hbond substituents is 1. The molecule has 9 heteroatoms. The minimum atomic E-state index is -0.172. The smallest absolute Gasteiger partial charge is 0.240 e. The van der Waals surface area contributed by atoms with Crippen LogP contribution in [0.5, 0.6) is 5.75 Å². The summed E-state index contributed by atoms with van der Waals surface area (Å²) in [5.74, 6) is 0.687. The van der Waals surface area contributed by atoms with Gasteiger partial charge in [0, 0.05) is 12.2 Å². The van der Waals surface area contributed by atoms with Crippen molar-refractivity contribution >= 4 is 23.9 Å². The Morgan fingerprint density at radius 2 is 2.07 bits per heavy atom. The number of carbonyl (C=O) groups is 1. The van der Waals surface area contributed by atoms with E-state index in [1.807, 2.05) is 30.3 Å². The van der Waals surface area contributed by atoms with Crippen LogP contribution in [0, 0.1) is 0 Å². The second-order valence-electron chi connectivity index (χ2n) is 5.55. The molecule has 27 heavy (non-hydrogen) atoms. The molecule has 0 aliphatic heterocycles. The number of phenols is 1. The van der Waals surface area contributed by atoms with E-state index in [1.165, 1.54) is 18.0 Å². The zero-order valence-electron chi connectivity index (χ0n) is 14.4. The largest absolute Gasteiger partial charge is 0.508 e. The fourth-order valence-electron chi connectivity index (χ4n) is 2.24. The Balaban J connectivity index is 1.41. The zero-order chi connectivity index (χ0) is 18.9. The first kappa shape index (κ1) is 18.6. The lowest BCUT2D eigenvalue weighted by Gasteiger charge is -2.03. The van der Waals surface area contributed by atoms with E-state index in [4.69, 9.17) is 0 Å². The van der Waals surface area contributed by atoms with Gasteiger partial charge in [-0.1, -0.05) is 42.1 Å². The number of rotatable bonds is 8. The number of hydrogen-bond acceptors (Lipinski definition) is 7. The van der Waals surface area contributed by atoms with Crippen LogP contribution in [-0.2, 0) is 4.79 Å².